The number of aromatic nitrogens is 2. The van der Waals surface area contributed by atoms with E-state index in [-0.39, 0.29) is 5.56 Å². The van der Waals surface area contributed by atoms with Gasteiger partial charge in [-0.3, -0.25) is 4.79 Å². The highest BCUT2D eigenvalue weighted by molar-refractivity contribution is 9.13. The van der Waals surface area contributed by atoms with E-state index in [1.165, 1.54) is 12.8 Å². The molecule has 2 aromatic heterocycles. The molecule has 2 aromatic rings. The van der Waals surface area contributed by atoms with Gasteiger partial charge in [0.15, 0.2) is 16.3 Å². The summed E-state index contributed by atoms with van der Waals surface area (Å²) in [6.45, 7) is 0. The number of rotatable bonds is 2. The Bertz CT molecular complexity index is 683. The number of aromatic amines is 1. The SMILES string of the molecule is O=c1[nH]c(-c2cc(Br)c(Br)o2)nc(C2CCCC2)c1Br. The molecule has 7 heteroatoms. The van der Waals surface area contributed by atoms with Crippen molar-refractivity contribution in [3.05, 3.63) is 35.7 Å². The zero-order chi connectivity index (χ0) is 14.3. The van der Waals surface area contributed by atoms with Crippen LogP contribution in [0.25, 0.3) is 11.6 Å². The maximum atomic E-state index is 12.1. The molecule has 3 rings (SSSR count). The molecule has 1 N–H and O–H groups in total. The summed E-state index contributed by atoms with van der Waals surface area (Å²) in [4.78, 5) is 19.4. The normalized spacial score (nSPS) is 15.9. The summed E-state index contributed by atoms with van der Waals surface area (Å²) in [5.74, 6) is 1.35. The van der Waals surface area contributed by atoms with Crippen molar-refractivity contribution in [3.8, 4) is 11.6 Å². The van der Waals surface area contributed by atoms with Crippen LogP contribution in [-0.4, -0.2) is 9.97 Å². The maximum Gasteiger partial charge on any atom is 0.265 e. The summed E-state index contributed by atoms with van der Waals surface area (Å²) >= 11 is 10.0. The molecule has 4 nitrogen and oxygen atoms in total. The highest BCUT2D eigenvalue weighted by Gasteiger charge is 2.24. The molecule has 1 aliphatic carbocycles. The van der Waals surface area contributed by atoms with E-state index in [4.69, 9.17) is 4.42 Å². The third kappa shape index (κ3) is 2.67. The lowest BCUT2D eigenvalue weighted by Crippen LogP contribution is -2.15. The van der Waals surface area contributed by atoms with E-state index >= 15 is 0 Å². The van der Waals surface area contributed by atoms with E-state index in [0.717, 1.165) is 23.0 Å². The van der Waals surface area contributed by atoms with E-state index in [2.05, 4.69) is 57.8 Å². The molecule has 20 heavy (non-hydrogen) atoms. The molecule has 0 aromatic carbocycles. The monoisotopic (exact) mass is 464 g/mol. The van der Waals surface area contributed by atoms with Gasteiger partial charge in [0.1, 0.15) is 4.47 Å². The van der Waals surface area contributed by atoms with Gasteiger partial charge in [-0.1, -0.05) is 12.8 Å². The van der Waals surface area contributed by atoms with Crippen LogP contribution in [0, 0.1) is 0 Å². The Hall–Kier alpha value is -0.400. The highest BCUT2D eigenvalue weighted by atomic mass is 79.9. The Morgan fingerprint density at radius 3 is 2.55 bits per heavy atom. The Kier molecular flexibility index (Phi) is 4.19. The molecular weight excluding hydrogens is 456 g/mol. The third-order valence-electron chi connectivity index (χ3n) is 3.51. The second-order valence-electron chi connectivity index (χ2n) is 4.83. The van der Waals surface area contributed by atoms with Gasteiger partial charge in [-0.15, -0.1) is 0 Å². The van der Waals surface area contributed by atoms with Crippen molar-refractivity contribution in [2.24, 2.45) is 0 Å². The Balaban J connectivity index is 2.10. The van der Waals surface area contributed by atoms with Crippen LogP contribution >= 0.6 is 47.8 Å². The Labute approximate surface area is 140 Å². The lowest BCUT2D eigenvalue weighted by molar-refractivity contribution is 0.547. The molecule has 0 saturated heterocycles. The maximum absolute atomic E-state index is 12.1. The van der Waals surface area contributed by atoms with Crippen molar-refractivity contribution >= 4 is 47.8 Å². The summed E-state index contributed by atoms with van der Waals surface area (Å²) in [6, 6.07) is 1.79. The second-order valence-corrected chi connectivity index (χ2v) is 7.20. The zero-order valence-electron chi connectivity index (χ0n) is 10.4. The number of hydrogen-bond acceptors (Lipinski definition) is 3. The molecule has 0 atom stereocenters. The van der Waals surface area contributed by atoms with E-state index in [9.17, 15) is 4.79 Å². The number of halogens is 3. The molecule has 0 bridgehead atoms. The molecule has 0 aliphatic heterocycles. The average molecular weight is 467 g/mol. The van der Waals surface area contributed by atoms with Crippen LogP contribution in [-0.2, 0) is 0 Å². The van der Waals surface area contributed by atoms with Gasteiger partial charge in [0, 0.05) is 12.0 Å². The summed E-state index contributed by atoms with van der Waals surface area (Å²) in [5, 5.41) is 0. The van der Waals surface area contributed by atoms with Crippen LogP contribution in [0.3, 0.4) is 0 Å². The molecule has 1 saturated carbocycles. The molecule has 0 radical (unpaired) electrons. The zero-order valence-corrected chi connectivity index (χ0v) is 15.1. The molecule has 1 aliphatic rings. The molecule has 0 unspecified atom stereocenters. The first kappa shape index (κ1) is 14.5. The molecule has 0 amide bonds. The average Bonchev–Trinajstić information content (AvgIpc) is 3.04. The number of nitrogens with one attached hydrogen (secondary N) is 1. The first-order chi connectivity index (χ1) is 9.56. The molecule has 2 heterocycles. The Morgan fingerprint density at radius 2 is 1.95 bits per heavy atom. The minimum atomic E-state index is -0.166. The van der Waals surface area contributed by atoms with Crippen LogP contribution in [0.5, 0.6) is 0 Å². The molecule has 1 fully saturated rings. The van der Waals surface area contributed by atoms with Crippen LogP contribution in [0.4, 0.5) is 0 Å². The van der Waals surface area contributed by atoms with Crippen molar-refractivity contribution in [1.82, 2.24) is 9.97 Å². The van der Waals surface area contributed by atoms with Gasteiger partial charge >= 0.3 is 0 Å². The van der Waals surface area contributed by atoms with Gasteiger partial charge < -0.3 is 9.40 Å². The van der Waals surface area contributed by atoms with Crippen molar-refractivity contribution in [2.45, 2.75) is 31.6 Å². The second kappa shape index (κ2) is 5.77. The van der Waals surface area contributed by atoms with Crippen molar-refractivity contribution in [2.75, 3.05) is 0 Å². The van der Waals surface area contributed by atoms with Gasteiger partial charge in [0.2, 0.25) is 0 Å². The minimum Gasteiger partial charge on any atom is -0.445 e. The van der Waals surface area contributed by atoms with E-state index in [0.29, 0.717) is 26.6 Å². The summed E-state index contributed by atoms with van der Waals surface area (Å²) in [5.41, 5.74) is 0.672. The van der Waals surface area contributed by atoms with Gasteiger partial charge in [0.25, 0.3) is 5.56 Å². The van der Waals surface area contributed by atoms with Crippen LogP contribution in [0.1, 0.15) is 37.3 Å². The summed E-state index contributed by atoms with van der Waals surface area (Å²) in [7, 11) is 0. The lowest BCUT2D eigenvalue weighted by atomic mass is 10.0. The number of furan rings is 1. The fourth-order valence-electron chi connectivity index (χ4n) is 2.53. The van der Waals surface area contributed by atoms with Crippen LogP contribution < -0.4 is 5.56 Å². The predicted octanol–water partition coefficient (Wildman–Crippen LogP) is 4.98. The summed E-state index contributed by atoms with van der Waals surface area (Å²) in [6.07, 6.45) is 4.55. The lowest BCUT2D eigenvalue weighted by Gasteiger charge is -2.11. The molecular formula is C13H11Br3N2O2. The fourth-order valence-corrected chi connectivity index (χ4v) is 3.62. The minimum absolute atomic E-state index is 0.166. The predicted molar refractivity (Wildman–Crippen MR) is 86.9 cm³/mol. The van der Waals surface area contributed by atoms with E-state index in [1.807, 2.05) is 0 Å². The number of H-pyrrole nitrogens is 1. The van der Waals surface area contributed by atoms with Crippen LogP contribution in [0.15, 0.2) is 28.9 Å². The summed E-state index contributed by atoms with van der Waals surface area (Å²) < 4.78 is 7.45. The molecule has 106 valence electrons. The van der Waals surface area contributed by atoms with E-state index in [1.54, 1.807) is 6.07 Å². The standard InChI is InChI=1S/C13H11Br3N2O2/c14-7-5-8(20-11(7)16)12-17-10(6-3-1-2-4-6)9(15)13(19)18-12/h5-6H,1-4H2,(H,17,18,19). The number of nitrogens with zero attached hydrogens (tertiary/aromatic N) is 1. The van der Waals surface area contributed by atoms with Crippen molar-refractivity contribution < 1.29 is 4.42 Å². The van der Waals surface area contributed by atoms with Crippen molar-refractivity contribution in [1.29, 1.82) is 0 Å². The largest absolute Gasteiger partial charge is 0.445 e. The first-order valence-electron chi connectivity index (χ1n) is 6.31. The Morgan fingerprint density at radius 1 is 1.25 bits per heavy atom. The van der Waals surface area contributed by atoms with Gasteiger partial charge in [-0.2, -0.15) is 0 Å². The van der Waals surface area contributed by atoms with Crippen molar-refractivity contribution in [3.63, 3.8) is 0 Å². The topological polar surface area (TPSA) is 58.9 Å². The fraction of sp³-hybridized carbons (Fsp3) is 0.385. The van der Waals surface area contributed by atoms with Gasteiger partial charge in [-0.05, 0) is 60.6 Å². The van der Waals surface area contributed by atoms with Crippen LogP contribution in [0.2, 0.25) is 0 Å². The highest BCUT2D eigenvalue weighted by Crippen LogP contribution is 2.37. The van der Waals surface area contributed by atoms with Gasteiger partial charge in [-0.25, -0.2) is 4.98 Å². The first-order valence-corrected chi connectivity index (χ1v) is 8.69. The third-order valence-corrected chi connectivity index (χ3v) is 5.99. The quantitative estimate of drug-likeness (QED) is 0.679. The molecule has 0 spiro atoms. The number of hydrogen-bond donors (Lipinski definition) is 1. The van der Waals surface area contributed by atoms with Gasteiger partial charge in [0.05, 0.1) is 10.2 Å². The smallest absolute Gasteiger partial charge is 0.265 e. The van der Waals surface area contributed by atoms with E-state index < -0.39 is 0 Å².